The van der Waals surface area contributed by atoms with Gasteiger partial charge in [0.2, 0.25) is 11.8 Å². The van der Waals surface area contributed by atoms with Crippen LogP contribution in [0.3, 0.4) is 0 Å². The van der Waals surface area contributed by atoms with Crippen LogP contribution in [-0.2, 0) is 14.3 Å². The Balaban J connectivity index is 2.24. The van der Waals surface area contributed by atoms with Crippen LogP contribution in [0.5, 0.6) is 0 Å². The first kappa shape index (κ1) is 15.9. The van der Waals surface area contributed by atoms with Gasteiger partial charge in [0.25, 0.3) is 0 Å². The van der Waals surface area contributed by atoms with Crippen molar-refractivity contribution in [2.45, 2.75) is 39.3 Å². The second kappa shape index (κ2) is 8.12. The zero-order valence-corrected chi connectivity index (χ0v) is 12.0. The molecule has 110 valence electrons. The van der Waals surface area contributed by atoms with Crippen molar-refractivity contribution in [2.75, 3.05) is 26.2 Å². The lowest BCUT2D eigenvalue weighted by molar-refractivity contribution is -0.130. The van der Waals surface area contributed by atoms with E-state index in [2.05, 4.69) is 16.0 Å². The van der Waals surface area contributed by atoms with E-state index >= 15 is 0 Å². The number of nitrogens with one attached hydrogen (secondary N) is 3. The lowest BCUT2D eigenvalue weighted by atomic mass is 10.2. The summed E-state index contributed by atoms with van der Waals surface area (Å²) in [6.45, 7) is 8.49. The molecule has 2 atom stereocenters. The zero-order valence-electron chi connectivity index (χ0n) is 12.0. The molecule has 6 heteroatoms. The van der Waals surface area contributed by atoms with Gasteiger partial charge in [-0.3, -0.25) is 9.59 Å². The van der Waals surface area contributed by atoms with E-state index in [1.165, 1.54) is 0 Å². The first-order chi connectivity index (χ1) is 8.99. The first-order valence-electron chi connectivity index (χ1n) is 6.88. The Morgan fingerprint density at radius 1 is 1.37 bits per heavy atom. The number of amides is 2. The summed E-state index contributed by atoms with van der Waals surface area (Å²) in [4.78, 5) is 23.5. The third-order valence-electron chi connectivity index (χ3n) is 2.87. The predicted molar refractivity (Wildman–Crippen MR) is 72.7 cm³/mol. The lowest BCUT2D eigenvalue weighted by Crippen LogP contribution is -2.47. The Morgan fingerprint density at radius 2 is 2.11 bits per heavy atom. The van der Waals surface area contributed by atoms with Crippen molar-refractivity contribution in [1.82, 2.24) is 16.0 Å². The third-order valence-corrected chi connectivity index (χ3v) is 2.87. The minimum absolute atomic E-state index is 0.0975. The number of rotatable bonds is 6. The molecule has 1 fully saturated rings. The molecule has 1 saturated heterocycles. The number of ether oxygens (including phenoxy) is 1. The van der Waals surface area contributed by atoms with Crippen LogP contribution < -0.4 is 16.0 Å². The van der Waals surface area contributed by atoms with E-state index in [0.717, 1.165) is 6.54 Å². The molecular weight excluding hydrogens is 246 g/mol. The van der Waals surface area contributed by atoms with Gasteiger partial charge in [-0.05, 0) is 12.8 Å². The maximum Gasteiger partial charge on any atom is 0.242 e. The van der Waals surface area contributed by atoms with Crippen molar-refractivity contribution in [3.63, 3.8) is 0 Å². The Bertz CT molecular complexity index is 302. The summed E-state index contributed by atoms with van der Waals surface area (Å²) in [6, 6.07) is -0.511. The molecule has 2 unspecified atom stereocenters. The monoisotopic (exact) mass is 271 g/mol. The average Bonchev–Trinajstić information content (AvgIpc) is 2.36. The summed E-state index contributed by atoms with van der Waals surface area (Å²) in [5.41, 5.74) is 0. The second-order valence-corrected chi connectivity index (χ2v) is 5.33. The van der Waals surface area contributed by atoms with Crippen LogP contribution in [0.1, 0.15) is 27.2 Å². The van der Waals surface area contributed by atoms with Gasteiger partial charge in [0.15, 0.2) is 0 Å². The van der Waals surface area contributed by atoms with E-state index < -0.39 is 6.04 Å². The predicted octanol–water partition coefficient (Wildman–Crippen LogP) is -0.358. The molecule has 1 aliphatic heterocycles. The molecule has 0 aromatic rings. The van der Waals surface area contributed by atoms with Crippen LogP contribution in [0.2, 0.25) is 0 Å². The summed E-state index contributed by atoms with van der Waals surface area (Å²) in [5, 5.41) is 8.65. The highest BCUT2D eigenvalue weighted by Gasteiger charge is 2.20. The highest BCUT2D eigenvalue weighted by atomic mass is 16.5. The molecule has 1 heterocycles. The van der Waals surface area contributed by atoms with Crippen molar-refractivity contribution in [3.8, 4) is 0 Å². The summed E-state index contributed by atoms with van der Waals surface area (Å²) in [6.07, 6.45) is 0.189. The summed E-state index contributed by atoms with van der Waals surface area (Å²) < 4.78 is 5.45. The number of carbonyl (C=O) groups excluding carboxylic acids is 2. The van der Waals surface area contributed by atoms with Crippen LogP contribution in [0, 0.1) is 5.92 Å². The fourth-order valence-corrected chi connectivity index (χ4v) is 1.78. The number of morpholine rings is 1. The molecule has 1 rings (SSSR count). The Labute approximate surface area is 114 Å². The summed E-state index contributed by atoms with van der Waals surface area (Å²) in [7, 11) is 0. The van der Waals surface area contributed by atoms with Gasteiger partial charge in [-0.1, -0.05) is 13.8 Å². The van der Waals surface area contributed by atoms with E-state index in [0.29, 0.717) is 25.6 Å². The molecule has 0 radical (unpaired) electrons. The van der Waals surface area contributed by atoms with E-state index in [1.54, 1.807) is 6.92 Å². The maximum absolute atomic E-state index is 11.8. The molecule has 19 heavy (non-hydrogen) atoms. The highest BCUT2D eigenvalue weighted by molar-refractivity contribution is 5.87. The topological polar surface area (TPSA) is 79.5 Å². The SMILES string of the molecule is CC(C)CNC(=O)C(C)NC(=O)CC1CNCCO1. The van der Waals surface area contributed by atoms with Crippen molar-refractivity contribution in [2.24, 2.45) is 5.92 Å². The number of hydrogen-bond donors (Lipinski definition) is 3. The molecule has 2 amide bonds. The second-order valence-electron chi connectivity index (χ2n) is 5.33. The standard InChI is InChI=1S/C13H25N3O3/c1-9(2)7-15-13(18)10(3)16-12(17)6-11-8-14-4-5-19-11/h9-11,14H,4-8H2,1-3H3,(H,15,18)(H,16,17). The molecule has 0 spiro atoms. The van der Waals surface area contributed by atoms with Gasteiger partial charge in [0.05, 0.1) is 19.1 Å². The first-order valence-corrected chi connectivity index (χ1v) is 6.88. The average molecular weight is 271 g/mol. The van der Waals surface area contributed by atoms with Gasteiger partial charge >= 0.3 is 0 Å². The minimum atomic E-state index is -0.511. The van der Waals surface area contributed by atoms with Gasteiger partial charge in [-0.2, -0.15) is 0 Å². The quantitative estimate of drug-likeness (QED) is 0.616. The minimum Gasteiger partial charge on any atom is -0.375 e. The Kier molecular flexibility index (Phi) is 6.80. The molecule has 0 saturated carbocycles. The van der Waals surface area contributed by atoms with Gasteiger partial charge in [0.1, 0.15) is 6.04 Å². The van der Waals surface area contributed by atoms with E-state index in [-0.39, 0.29) is 24.3 Å². The fraction of sp³-hybridized carbons (Fsp3) is 0.846. The van der Waals surface area contributed by atoms with E-state index in [1.807, 2.05) is 13.8 Å². The smallest absolute Gasteiger partial charge is 0.242 e. The zero-order chi connectivity index (χ0) is 14.3. The lowest BCUT2D eigenvalue weighted by Gasteiger charge is -2.23. The summed E-state index contributed by atoms with van der Waals surface area (Å²) >= 11 is 0. The van der Waals surface area contributed by atoms with Gasteiger partial charge in [0, 0.05) is 19.6 Å². The van der Waals surface area contributed by atoms with Crippen molar-refractivity contribution in [3.05, 3.63) is 0 Å². The molecular formula is C13H25N3O3. The highest BCUT2D eigenvalue weighted by Crippen LogP contribution is 2.01. The molecule has 0 aromatic carbocycles. The van der Waals surface area contributed by atoms with Crippen LogP contribution in [-0.4, -0.2) is 50.2 Å². The molecule has 0 bridgehead atoms. The number of hydrogen-bond acceptors (Lipinski definition) is 4. The normalized spacial score (nSPS) is 20.9. The molecule has 3 N–H and O–H groups in total. The molecule has 0 aromatic heterocycles. The van der Waals surface area contributed by atoms with Gasteiger partial charge < -0.3 is 20.7 Å². The van der Waals surface area contributed by atoms with Gasteiger partial charge in [-0.25, -0.2) is 0 Å². The molecule has 0 aliphatic carbocycles. The van der Waals surface area contributed by atoms with Crippen molar-refractivity contribution >= 4 is 11.8 Å². The van der Waals surface area contributed by atoms with Crippen molar-refractivity contribution < 1.29 is 14.3 Å². The maximum atomic E-state index is 11.8. The number of carbonyl (C=O) groups is 2. The van der Waals surface area contributed by atoms with Gasteiger partial charge in [-0.15, -0.1) is 0 Å². The Hall–Kier alpha value is -1.14. The van der Waals surface area contributed by atoms with E-state index in [9.17, 15) is 9.59 Å². The van der Waals surface area contributed by atoms with Crippen molar-refractivity contribution in [1.29, 1.82) is 0 Å². The van der Waals surface area contributed by atoms with E-state index in [4.69, 9.17) is 4.74 Å². The fourth-order valence-electron chi connectivity index (χ4n) is 1.78. The molecule has 1 aliphatic rings. The van der Waals surface area contributed by atoms with Crippen LogP contribution in [0.25, 0.3) is 0 Å². The third kappa shape index (κ3) is 6.54. The van der Waals surface area contributed by atoms with Crippen LogP contribution in [0.15, 0.2) is 0 Å². The van der Waals surface area contributed by atoms with Crippen LogP contribution in [0.4, 0.5) is 0 Å². The largest absolute Gasteiger partial charge is 0.375 e. The summed E-state index contributed by atoms with van der Waals surface area (Å²) in [5.74, 6) is 0.0965. The Morgan fingerprint density at radius 3 is 2.68 bits per heavy atom. The van der Waals surface area contributed by atoms with Crippen LogP contribution >= 0.6 is 0 Å². The molecule has 6 nitrogen and oxygen atoms in total.